The molecule has 0 radical (unpaired) electrons. The van der Waals surface area contributed by atoms with Crippen molar-refractivity contribution >= 4 is 0 Å². The Morgan fingerprint density at radius 3 is 3.00 bits per heavy atom. The van der Waals surface area contributed by atoms with E-state index in [4.69, 9.17) is 10.3 Å². The van der Waals surface area contributed by atoms with E-state index in [0.29, 0.717) is 11.7 Å². The summed E-state index contributed by atoms with van der Waals surface area (Å²) in [6.07, 6.45) is 6.34. The topological polar surface area (TPSA) is 80.7 Å². The molecule has 5 heteroatoms. The van der Waals surface area contributed by atoms with Gasteiger partial charge >= 0.3 is 0 Å². The van der Waals surface area contributed by atoms with Crippen LogP contribution in [0.15, 0.2) is 22.9 Å². The summed E-state index contributed by atoms with van der Waals surface area (Å²) in [5.41, 5.74) is 6.98. The molecule has 0 saturated heterocycles. The van der Waals surface area contributed by atoms with Gasteiger partial charge in [0.2, 0.25) is 11.7 Å². The van der Waals surface area contributed by atoms with E-state index >= 15 is 0 Å². The van der Waals surface area contributed by atoms with Crippen LogP contribution in [-0.2, 0) is 0 Å². The van der Waals surface area contributed by atoms with Crippen LogP contribution in [-0.4, -0.2) is 21.2 Å². The summed E-state index contributed by atoms with van der Waals surface area (Å²) < 4.78 is 5.34. The lowest BCUT2D eigenvalue weighted by molar-refractivity contribution is 0.290. The number of rotatable bonds is 2. The minimum Gasteiger partial charge on any atom is -0.359 e. The van der Waals surface area contributed by atoms with Crippen molar-refractivity contribution in [2.24, 2.45) is 5.73 Å². The quantitative estimate of drug-likeness (QED) is 0.830. The van der Waals surface area contributed by atoms with E-state index in [1.54, 1.807) is 0 Å². The summed E-state index contributed by atoms with van der Waals surface area (Å²) in [6, 6.07) is 3.99. The molecule has 3 N–H and O–H groups in total. The maximum absolute atomic E-state index is 6.10. The number of aromatic amines is 1. The third kappa shape index (κ3) is 1.98. The molecule has 2 atom stereocenters. The summed E-state index contributed by atoms with van der Waals surface area (Å²) >= 11 is 0. The first-order chi connectivity index (χ1) is 8.34. The van der Waals surface area contributed by atoms with Crippen LogP contribution in [0.5, 0.6) is 0 Å². The Labute approximate surface area is 99.4 Å². The van der Waals surface area contributed by atoms with Gasteiger partial charge in [-0.3, -0.25) is 0 Å². The van der Waals surface area contributed by atoms with Gasteiger partial charge in [-0.05, 0) is 25.0 Å². The Balaban J connectivity index is 1.84. The van der Waals surface area contributed by atoms with E-state index in [-0.39, 0.29) is 12.0 Å². The second kappa shape index (κ2) is 4.33. The zero-order valence-electron chi connectivity index (χ0n) is 9.60. The van der Waals surface area contributed by atoms with Gasteiger partial charge in [0.1, 0.15) is 0 Å². The first kappa shape index (κ1) is 10.5. The van der Waals surface area contributed by atoms with Gasteiger partial charge in [0.25, 0.3) is 0 Å². The van der Waals surface area contributed by atoms with E-state index < -0.39 is 0 Å². The van der Waals surface area contributed by atoms with Gasteiger partial charge in [0.15, 0.2) is 0 Å². The summed E-state index contributed by atoms with van der Waals surface area (Å²) in [6.45, 7) is 0. The molecule has 2 aromatic heterocycles. The van der Waals surface area contributed by atoms with Gasteiger partial charge in [0.05, 0.1) is 11.6 Å². The maximum Gasteiger partial charge on any atom is 0.231 e. The second-order valence-corrected chi connectivity index (χ2v) is 4.59. The molecule has 2 aromatic rings. The van der Waals surface area contributed by atoms with Gasteiger partial charge in [-0.25, -0.2) is 0 Å². The number of nitrogens with one attached hydrogen (secondary N) is 1. The third-order valence-corrected chi connectivity index (χ3v) is 3.42. The molecule has 2 heterocycles. The van der Waals surface area contributed by atoms with Gasteiger partial charge in [-0.15, -0.1) is 0 Å². The lowest BCUT2D eigenvalue weighted by atomic mass is 9.85. The number of nitrogens with zero attached hydrogens (tertiary/aromatic N) is 2. The van der Waals surface area contributed by atoms with Crippen LogP contribution in [0.3, 0.4) is 0 Å². The van der Waals surface area contributed by atoms with Crippen LogP contribution in [0.25, 0.3) is 11.5 Å². The third-order valence-electron chi connectivity index (χ3n) is 3.42. The van der Waals surface area contributed by atoms with Crippen molar-refractivity contribution in [1.29, 1.82) is 0 Å². The summed E-state index contributed by atoms with van der Waals surface area (Å²) in [5.74, 6) is 1.52. The van der Waals surface area contributed by atoms with Crippen molar-refractivity contribution in [3.8, 4) is 11.5 Å². The number of hydrogen-bond acceptors (Lipinski definition) is 4. The average Bonchev–Trinajstić information content (AvgIpc) is 3.00. The van der Waals surface area contributed by atoms with E-state index in [9.17, 15) is 0 Å². The monoisotopic (exact) mass is 232 g/mol. The van der Waals surface area contributed by atoms with Crippen LogP contribution in [0, 0.1) is 0 Å². The Bertz CT molecular complexity index is 476. The summed E-state index contributed by atoms with van der Waals surface area (Å²) in [4.78, 5) is 7.50. The van der Waals surface area contributed by atoms with Gasteiger partial charge in [0, 0.05) is 12.2 Å². The summed E-state index contributed by atoms with van der Waals surface area (Å²) in [5, 5.41) is 4.00. The van der Waals surface area contributed by atoms with Crippen molar-refractivity contribution in [2.45, 2.75) is 37.6 Å². The minimum absolute atomic E-state index is 0.153. The molecule has 5 nitrogen and oxygen atoms in total. The predicted molar refractivity (Wildman–Crippen MR) is 63.3 cm³/mol. The van der Waals surface area contributed by atoms with Crippen molar-refractivity contribution in [3.05, 3.63) is 24.2 Å². The fraction of sp³-hybridized carbons (Fsp3) is 0.500. The zero-order chi connectivity index (χ0) is 11.7. The van der Waals surface area contributed by atoms with Crippen LogP contribution < -0.4 is 5.73 Å². The van der Waals surface area contributed by atoms with Gasteiger partial charge in [-0.2, -0.15) is 4.98 Å². The smallest absolute Gasteiger partial charge is 0.231 e. The number of nitrogens with two attached hydrogens (primary N) is 1. The number of H-pyrrole nitrogens is 1. The Morgan fingerprint density at radius 2 is 2.24 bits per heavy atom. The first-order valence-electron chi connectivity index (χ1n) is 6.07. The molecule has 2 unspecified atom stereocenters. The van der Waals surface area contributed by atoms with E-state index in [1.165, 1.54) is 12.8 Å². The SMILES string of the molecule is NC1CCCCC1c1nc(-c2ccc[nH]2)no1. The fourth-order valence-electron chi connectivity index (χ4n) is 2.43. The Morgan fingerprint density at radius 1 is 1.35 bits per heavy atom. The molecule has 90 valence electrons. The van der Waals surface area contributed by atoms with Gasteiger partial charge < -0.3 is 15.2 Å². The largest absolute Gasteiger partial charge is 0.359 e. The van der Waals surface area contributed by atoms with Crippen LogP contribution in [0.2, 0.25) is 0 Å². The Hall–Kier alpha value is -1.62. The highest BCUT2D eigenvalue weighted by Crippen LogP contribution is 2.31. The lowest BCUT2D eigenvalue weighted by Crippen LogP contribution is -2.31. The highest BCUT2D eigenvalue weighted by atomic mass is 16.5. The molecule has 1 aliphatic carbocycles. The van der Waals surface area contributed by atoms with E-state index in [2.05, 4.69) is 15.1 Å². The van der Waals surface area contributed by atoms with Crippen LogP contribution in [0.1, 0.15) is 37.5 Å². The molecule has 0 amide bonds. The van der Waals surface area contributed by atoms with Crippen LogP contribution in [0.4, 0.5) is 0 Å². The van der Waals surface area contributed by atoms with E-state index in [1.807, 2.05) is 18.3 Å². The molecule has 17 heavy (non-hydrogen) atoms. The van der Waals surface area contributed by atoms with Crippen molar-refractivity contribution in [2.75, 3.05) is 0 Å². The standard InChI is InChI=1S/C12H16N4O/c13-9-5-2-1-4-8(9)12-15-11(16-17-12)10-6-3-7-14-10/h3,6-9,14H,1-2,4-5,13H2. The molecule has 3 rings (SSSR count). The zero-order valence-corrected chi connectivity index (χ0v) is 9.60. The molecule has 1 saturated carbocycles. The van der Waals surface area contributed by atoms with Gasteiger partial charge in [-0.1, -0.05) is 18.0 Å². The highest BCUT2D eigenvalue weighted by molar-refractivity contribution is 5.47. The average molecular weight is 232 g/mol. The van der Waals surface area contributed by atoms with Crippen molar-refractivity contribution < 1.29 is 4.52 Å². The molecule has 0 bridgehead atoms. The number of aromatic nitrogens is 3. The molecular formula is C12H16N4O. The highest BCUT2D eigenvalue weighted by Gasteiger charge is 2.28. The molecule has 0 aliphatic heterocycles. The molecule has 0 spiro atoms. The first-order valence-corrected chi connectivity index (χ1v) is 6.07. The van der Waals surface area contributed by atoms with Crippen LogP contribution >= 0.6 is 0 Å². The predicted octanol–water partition coefficient (Wildman–Crippen LogP) is 2.05. The molecule has 1 aliphatic rings. The molecule has 0 aromatic carbocycles. The lowest BCUT2D eigenvalue weighted by Gasteiger charge is -2.25. The molecular weight excluding hydrogens is 216 g/mol. The van der Waals surface area contributed by atoms with Crippen molar-refractivity contribution in [3.63, 3.8) is 0 Å². The fourth-order valence-corrected chi connectivity index (χ4v) is 2.43. The maximum atomic E-state index is 6.10. The summed E-state index contributed by atoms with van der Waals surface area (Å²) in [7, 11) is 0. The Kier molecular flexibility index (Phi) is 2.68. The van der Waals surface area contributed by atoms with Crippen molar-refractivity contribution in [1.82, 2.24) is 15.1 Å². The number of hydrogen-bond donors (Lipinski definition) is 2. The minimum atomic E-state index is 0.153. The normalized spacial score (nSPS) is 25.0. The van der Waals surface area contributed by atoms with E-state index in [0.717, 1.165) is 18.5 Å². The second-order valence-electron chi connectivity index (χ2n) is 4.59. The molecule has 1 fully saturated rings.